The van der Waals surface area contributed by atoms with Gasteiger partial charge in [-0.25, -0.2) is 0 Å². The van der Waals surface area contributed by atoms with Crippen LogP contribution in [0.4, 0.5) is 0 Å². The monoisotopic (exact) mass is 273 g/mol. The normalized spacial score (nSPS) is 11.3. The lowest BCUT2D eigenvalue weighted by Crippen LogP contribution is -2.09. The molecule has 0 saturated heterocycles. The minimum absolute atomic E-state index is 0.00463. The van der Waals surface area contributed by atoms with E-state index in [9.17, 15) is 19.8 Å². The Labute approximate surface area is 111 Å². The largest absolute Gasteiger partial charge is 0.504 e. The van der Waals surface area contributed by atoms with E-state index in [4.69, 9.17) is 4.42 Å². The minimum atomic E-state index is -0.622. The Balaban J connectivity index is 2.82. The summed E-state index contributed by atoms with van der Waals surface area (Å²) in [4.78, 5) is 26.2. The standard InChI is InChI=1S/C14H11NO5/c1-5(2)10-12-9(13(18)15-10)8-6(14(19)20-12)3-4-7(16)11(8)17/h3-4,17,19H,1-2H3,(H,15,18). The fourth-order valence-electron chi connectivity index (χ4n) is 2.30. The third-order valence-corrected chi connectivity index (χ3v) is 3.24. The average molecular weight is 273 g/mol. The highest BCUT2D eigenvalue weighted by Gasteiger charge is 2.19. The molecule has 6 nitrogen and oxygen atoms in total. The summed E-state index contributed by atoms with van der Waals surface area (Å²) in [6.45, 7) is 3.54. The molecule has 0 radical (unpaired) electrons. The van der Waals surface area contributed by atoms with Crippen LogP contribution in [-0.4, -0.2) is 15.2 Å². The second-order valence-electron chi connectivity index (χ2n) is 4.78. The van der Waals surface area contributed by atoms with E-state index in [1.54, 1.807) is 13.8 Å². The molecule has 0 spiro atoms. The molecule has 2 aromatic heterocycles. The van der Waals surface area contributed by atoms with E-state index in [2.05, 4.69) is 4.98 Å². The quantitative estimate of drug-likeness (QED) is 0.566. The van der Waals surface area contributed by atoms with E-state index in [1.807, 2.05) is 0 Å². The van der Waals surface area contributed by atoms with Crippen LogP contribution in [0.3, 0.4) is 0 Å². The Morgan fingerprint density at radius 1 is 1.15 bits per heavy atom. The van der Waals surface area contributed by atoms with Crippen LogP contribution in [0.5, 0.6) is 11.7 Å². The van der Waals surface area contributed by atoms with Crippen LogP contribution in [0.2, 0.25) is 0 Å². The second kappa shape index (κ2) is 3.86. The van der Waals surface area contributed by atoms with Gasteiger partial charge in [0.25, 0.3) is 11.5 Å². The lowest BCUT2D eigenvalue weighted by Gasteiger charge is -2.03. The van der Waals surface area contributed by atoms with Crippen LogP contribution in [0.1, 0.15) is 13.8 Å². The first-order valence-electron chi connectivity index (χ1n) is 5.92. The first kappa shape index (κ1) is 12.3. The number of benzene rings is 1. The van der Waals surface area contributed by atoms with Crippen molar-refractivity contribution in [3.63, 3.8) is 0 Å². The van der Waals surface area contributed by atoms with Gasteiger partial charge in [-0.15, -0.1) is 0 Å². The molecule has 0 unspecified atom stereocenters. The van der Waals surface area contributed by atoms with Gasteiger partial charge in [-0.1, -0.05) is 0 Å². The van der Waals surface area contributed by atoms with Gasteiger partial charge < -0.3 is 19.6 Å². The molecule has 1 aromatic carbocycles. The summed E-state index contributed by atoms with van der Waals surface area (Å²) >= 11 is 0. The predicted molar refractivity (Wildman–Crippen MR) is 73.9 cm³/mol. The van der Waals surface area contributed by atoms with Crippen LogP contribution < -0.4 is 16.3 Å². The van der Waals surface area contributed by atoms with Crippen molar-refractivity contribution in [3.05, 3.63) is 38.1 Å². The number of phenolic OH excluding ortho intramolecular Hbond substituents is 1. The highest BCUT2D eigenvalue weighted by Crippen LogP contribution is 2.33. The maximum absolute atomic E-state index is 12.1. The summed E-state index contributed by atoms with van der Waals surface area (Å²) in [5.74, 6) is -1.03. The fraction of sp³-hybridized carbons (Fsp3) is 0.143. The van der Waals surface area contributed by atoms with Gasteiger partial charge in [0.1, 0.15) is 0 Å². The van der Waals surface area contributed by atoms with E-state index in [0.717, 1.165) is 11.6 Å². The zero-order valence-corrected chi connectivity index (χ0v) is 10.8. The van der Waals surface area contributed by atoms with Crippen molar-refractivity contribution in [1.29, 1.82) is 0 Å². The molecule has 3 rings (SSSR count). The number of aromatic amines is 1. The van der Waals surface area contributed by atoms with Gasteiger partial charge in [0.15, 0.2) is 11.3 Å². The maximum atomic E-state index is 12.1. The highest BCUT2D eigenvalue weighted by atomic mass is 16.5. The minimum Gasteiger partial charge on any atom is -0.504 e. The average Bonchev–Trinajstić information content (AvgIpc) is 2.71. The molecule has 0 amide bonds. The zero-order chi connectivity index (χ0) is 14.6. The number of hydrogen-bond donors (Lipinski definition) is 3. The lowest BCUT2D eigenvalue weighted by molar-refractivity contribution is 0.346. The van der Waals surface area contributed by atoms with Crippen LogP contribution in [0.15, 0.2) is 26.1 Å². The van der Waals surface area contributed by atoms with Crippen molar-refractivity contribution in [3.8, 4) is 11.7 Å². The van der Waals surface area contributed by atoms with Crippen LogP contribution in [0.25, 0.3) is 27.3 Å². The first-order valence-corrected chi connectivity index (χ1v) is 5.92. The molecule has 3 N–H and O–H groups in total. The summed E-state index contributed by atoms with van der Waals surface area (Å²) in [6.07, 6.45) is 0. The highest BCUT2D eigenvalue weighted by molar-refractivity contribution is 6.09. The molecule has 0 fully saturated rings. The molecule has 0 bridgehead atoms. The number of phenols is 1. The van der Waals surface area contributed by atoms with Crippen molar-refractivity contribution in [1.82, 2.24) is 4.98 Å². The van der Waals surface area contributed by atoms with Gasteiger partial charge in [-0.05, 0) is 31.6 Å². The van der Waals surface area contributed by atoms with Crippen molar-refractivity contribution in [2.24, 2.45) is 0 Å². The Kier molecular flexibility index (Phi) is 2.37. The first-order chi connectivity index (χ1) is 9.41. The van der Waals surface area contributed by atoms with Crippen molar-refractivity contribution >= 4 is 27.3 Å². The van der Waals surface area contributed by atoms with E-state index >= 15 is 0 Å². The molecule has 0 aliphatic heterocycles. The van der Waals surface area contributed by atoms with Crippen LogP contribution in [0, 0.1) is 0 Å². The topological polar surface area (TPSA) is 104 Å². The summed E-state index contributed by atoms with van der Waals surface area (Å²) in [7, 11) is 0. The molecule has 0 saturated carbocycles. The van der Waals surface area contributed by atoms with Crippen molar-refractivity contribution in [2.45, 2.75) is 13.8 Å². The molecule has 6 heteroatoms. The zero-order valence-electron chi connectivity index (χ0n) is 10.8. The Hall–Kier alpha value is -2.76. The van der Waals surface area contributed by atoms with Gasteiger partial charge in [0, 0.05) is 0 Å². The fourth-order valence-corrected chi connectivity index (χ4v) is 2.30. The van der Waals surface area contributed by atoms with Crippen molar-refractivity contribution < 1.29 is 14.6 Å². The molecule has 0 aliphatic rings. The van der Waals surface area contributed by atoms with Gasteiger partial charge in [-0.2, -0.15) is 0 Å². The number of aromatic nitrogens is 1. The Morgan fingerprint density at radius 2 is 1.85 bits per heavy atom. The lowest BCUT2D eigenvalue weighted by atomic mass is 10.1. The Bertz CT molecular complexity index is 1020. The number of H-pyrrole nitrogens is 1. The summed E-state index contributed by atoms with van der Waals surface area (Å²) in [6, 6.07) is 2.41. The number of rotatable bonds is 0. The number of nitrogens with one attached hydrogen (secondary N) is 1. The Morgan fingerprint density at radius 3 is 2.50 bits per heavy atom. The summed E-state index contributed by atoms with van der Waals surface area (Å²) in [5, 5.41) is 20.4. The third-order valence-electron chi connectivity index (χ3n) is 3.24. The molecular formula is C14H11NO5. The van der Waals surface area contributed by atoms with E-state index in [-0.39, 0.29) is 21.7 Å². The van der Waals surface area contributed by atoms with Gasteiger partial charge in [-0.3, -0.25) is 9.59 Å². The van der Waals surface area contributed by atoms with Crippen LogP contribution >= 0.6 is 0 Å². The number of fused-ring (bicyclic) bond motifs is 3. The van der Waals surface area contributed by atoms with E-state index in [0.29, 0.717) is 5.35 Å². The van der Waals surface area contributed by atoms with E-state index in [1.165, 1.54) is 6.07 Å². The second-order valence-corrected chi connectivity index (χ2v) is 4.78. The predicted octanol–water partition coefficient (Wildman–Crippen LogP) is 0.955. The molecule has 0 aliphatic carbocycles. The maximum Gasteiger partial charge on any atom is 0.290 e. The van der Waals surface area contributed by atoms with Gasteiger partial charge in [0.05, 0.1) is 21.5 Å². The number of hydrogen-bond acceptors (Lipinski definition) is 5. The van der Waals surface area contributed by atoms with Gasteiger partial charge >= 0.3 is 0 Å². The summed E-state index contributed by atoms with van der Waals surface area (Å²) in [5.41, 5.74) is -0.201. The third kappa shape index (κ3) is 1.45. The van der Waals surface area contributed by atoms with E-state index < -0.39 is 22.7 Å². The molecular weight excluding hydrogens is 262 g/mol. The van der Waals surface area contributed by atoms with Crippen LogP contribution in [-0.2, 0) is 0 Å². The number of aromatic hydroxyl groups is 2. The van der Waals surface area contributed by atoms with Gasteiger partial charge in [0.2, 0.25) is 5.43 Å². The smallest absolute Gasteiger partial charge is 0.290 e. The summed E-state index contributed by atoms with van der Waals surface area (Å²) < 4.78 is 5.27. The molecule has 0 atom stereocenters. The SMILES string of the molecule is CC(C)=c1[nH]c(=O)c2c1oc(O)c1ccc(=O)c(O)c12. The molecule has 20 heavy (non-hydrogen) atoms. The molecule has 102 valence electrons. The molecule has 2 heterocycles. The van der Waals surface area contributed by atoms with Crippen molar-refractivity contribution in [2.75, 3.05) is 0 Å². The molecule has 3 aromatic rings.